The van der Waals surface area contributed by atoms with E-state index in [2.05, 4.69) is 9.88 Å². The molecule has 0 fully saturated rings. The van der Waals surface area contributed by atoms with E-state index in [0.717, 1.165) is 23.3 Å². The monoisotopic (exact) mass is 472 g/mol. The van der Waals surface area contributed by atoms with Crippen molar-refractivity contribution < 1.29 is 17.9 Å². The molecular formula is C25H27F3N4O2. The number of alkyl halides is 3. The van der Waals surface area contributed by atoms with Crippen molar-refractivity contribution in [2.75, 3.05) is 26.0 Å². The lowest BCUT2D eigenvalue weighted by atomic mass is 10.00. The maximum Gasteiger partial charge on any atom is 0.416 e. The van der Waals surface area contributed by atoms with E-state index in [4.69, 9.17) is 10.5 Å². The number of rotatable bonds is 6. The van der Waals surface area contributed by atoms with Gasteiger partial charge in [-0.2, -0.15) is 13.2 Å². The summed E-state index contributed by atoms with van der Waals surface area (Å²) in [4.78, 5) is 20.2. The van der Waals surface area contributed by atoms with Gasteiger partial charge in [0.05, 0.1) is 29.5 Å². The highest BCUT2D eigenvalue weighted by Crippen LogP contribution is 2.32. The van der Waals surface area contributed by atoms with Gasteiger partial charge in [-0.25, -0.2) is 4.98 Å². The van der Waals surface area contributed by atoms with Crippen LogP contribution in [-0.4, -0.2) is 34.7 Å². The highest BCUT2D eigenvalue weighted by molar-refractivity contribution is 5.34. The lowest BCUT2D eigenvalue weighted by Gasteiger charge is -2.34. The second-order valence-corrected chi connectivity index (χ2v) is 8.47. The van der Waals surface area contributed by atoms with E-state index in [-0.39, 0.29) is 24.2 Å². The predicted molar refractivity (Wildman–Crippen MR) is 123 cm³/mol. The molecule has 1 aliphatic rings. The number of nitrogens with two attached hydrogens (primary N) is 1. The molecule has 4 rings (SSSR count). The molecule has 0 aliphatic carbocycles. The van der Waals surface area contributed by atoms with Crippen LogP contribution in [0.2, 0.25) is 0 Å². The molecule has 2 N–H and O–H groups in total. The molecule has 0 amide bonds. The van der Waals surface area contributed by atoms with Crippen LogP contribution in [-0.2, 0) is 23.9 Å². The van der Waals surface area contributed by atoms with Crippen molar-refractivity contribution in [1.82, 2.24) is 14.5 Å². The average molecular weight is 473 g/mol. The Morgan fingerprint density at radius 3 is 2.38 bits per heavy atom. The number of nitrogens with zero attached hydrogens (tertiary/aromatic N) is 3. The molecule has 0 bridgehead atoms. The van der Waals surface area contributed by atoms with E-state index in [1.807, 2.05) is 37.3 Å². The smallest absolute Gasteiger partial charge is 0.382 e. The molecule has 2 aromatic carbocycles. The molecule has 0 saturated heterocycles. The Hall–Kier alpha value is -3.17. The van der Waals surface area contributed by atoms with Crippen LogP contribution >= 0.6 is 0 Å². The van der Waals surface area contributed by atoms with Crippen LogP contribution in [0.4, 0.5) is 19.1 Å². The van der Waals surface area contributed by atoms with Crippen LogP contribution in [0.25, 0.3) is 0 Å². The summed E-state index contributed by atoms with van der Waals surface area (Å²) in [5.74, 6) is 0.138. The van der Waals surface area contributed by atoms with Gasteiger partial charge in [0.1, 0.15) is 0 Å². The minimum atomic E-state index is -4.37. The summed E-state index contributed by atoms with van der Waals surface area (Å²) in [7, 11) is 1.57. The molecule has 0 spiro atoms. The quantitative estimate of drug-likeness (QED) is 0.582. The Labute approximate surface area is 195 Å². The van der Waals surface area contributed by atoms with Gasteiger partial charge in [-0.1, -0.05) is 42.5 Å². The van der Waals surface area contributed by atoms with Gasteiger partial charge in [0, 0.05) is 32.7 Å². The SMILES string of the molecule is COC[C@H](c1ccccc1)n1c(N)nc2c(c1=O)CN(C(C)c1ccc(C(F)(F)F)cc1)CC2. The van der Waals surface area contributed by atoms with Crippen molar-refractivity contribution in [3.05, 3.63) is 92.9 Å². The van der Waals surface area contributed by atoms with Crippen molar-refractivity contribution in [2.45, 2.75) is 38.1 Å². The minimum absolute atomic E-state index is 0.138. The second-order valence-electron chi connectivity index (χ2n) is 8.47. The van der Waals surface area contributed by atoms with Crippen molar-refractivity contribution in [1.29, 1.82) is 0 Å². The summed E-state index contributed by atoms with van der Waals surface area (Å²) < 4.78 is 45.6. The molecule has 2 heterocycles. The van der Waals surface area contributed by atoms with Gasteiger partial charge in [0.25, 0.3) is 5.56 Å². The summed E-state index contributed by atoms with van der Waals surface area (Å²) in [5, 5.41) is 0. The maximum atomic E-state index is 13.6. The largest absolute Gasteiger partial charge is 0.416 e. The summed E-state index contributed by atoms with van der Waals surface area (Å²) in [6, 6.07) is 14.1. The first-order valence-electron chi connectivity index (χ1n) is 11.1. The number of benzene rings is 2. The fraction of sp³-hybridized carbons (Fsp3) is 0.360. The zero-order valence-corrected chi connectivity index (χ0v) is 19.0. The molecular weight excluding hydrogens is 445 g/mol. The van der Waals surface area contributed by atoms with Gasteiger partial charge < -0.3 is 10.5 Å². The Bertz CT molecular complexity index is 1190. The van der Waals surface area contributed by atoms with Crippen molar-refractivity contribution in [2.24, 2.45) is 0 Å². The van der Waals surface area contributed by atoms with Gasteiger partial charge in [0.15, 0.2) is 0 Å². The number of anilines is 1. The van der Waals surface area contributed by atoms with Crippen LogP contribution in [0.1, 0.15) is 47.0 Å². The van der Waals surface area contributed by atoms with E-state index in [1.165, 1.54) is 16.7 Å². The summed E-state index contributed by atoms with van der Waals surface area (Å²) >= 11 is 0. The fourth-order valence-electron chi connectivity index (χ4n) is 4.48. The standard InChI is InChI=1S/C25H27F3N4O2/c1-16(17-8-10-19(11-9-17)25(26,27)28)31-13-12-21-20(14-31)23(33)32(24(29)30-21)22(15-34-2)18-6-4-3-5-7-18/h3-11,16,22H,12-15H2,1-2H3,(H2,29,30)/t16?,22-/m1/s1. The normalized spacial score (nSPS) is 16.1. The first-order chi connectivity index (χ1) is 16.2. The van der Waals surface area contributed by atoms with Crippen LogP contribution in [0.15, 0.2) is 59.4 Å². The Morgan fingerprint density at radius 1 is 1.09 bits per heavy atom. The zero-order valence-electron chi connectivity index (χ0n) is 19.0. The third-order valence-electron chi connectivity index (χ3n) is 6.41. The van der Waals surface area contributed by atoms with Crippen LogP contribution in [0, 0.1) is 0 Å². The third kappa shape index (κ3) is 4.71. The van der Waals surface area contributed by atoms with Gasteiger partial charge in [0.2, 0.25) is 5.95 Å². The molecule has 1 unspecified atom stereocenters. The van der Waals surface area contributed by atoms with Gasteiger partial charge in [-0.15, -0.1) is 0 Å². The number of hydrogen-bond donors (Lipinski definition) is 1. The Kier molecular flexibility index (Phi) is 6.77. The molecule has 2 atom stereocenters. The van der Waals surface area contributed by atoms with Crippen molar-refractivity contribution in [3.8, 4) is 0 Å². The summed E-state index contributed by atoms with van der Waals surface area (Å²) in [5.41, 5.74) is 8.18. The minimum Gasteiger partial charge on any atom is -0.382 e. The topological polar surface area (TPSA) is 73.4 Å². The molecule has 0 saturated carbocycles. The van der Waals surface area contributed by atoms with Crippen molar-refractivity contribution in [3.63, 3.8) is 0 Å². The lowest BCUT2D eigenvalue weighted by Crippen LogP contribution is -2.41. The number of ether oxygens (including phenoxy) is 1. The average Bonchev–Trinajstić information content (AvgIpc) is 2.83. The van der Waals surface area contributed by atoms with Crippen molar-refractivity contribution >= 4 is 5.95 Å². The van der Waals surface area contributed by atoms with E-state index in [9.17, 15) is 18.0 Å². The number of hydrogen-bond acceptors (Lipinski definition) is 5. The first kappa shape index (κ1) is 24.0. The van der Waals surface area contributed by atoms with Crippen LogP contribution in [0.3, 0.4) is 0 Å². The number of halogens is 3. The number of aromatic nitrogens is 2. The molecule has 9 heteroatoms. The van der Waals surface area contributed by atoms with E-state index in [0.29, 0.717) is 30.8 Å². The number of fused-ring (bicyclic) bond motifs is 1. The Morgan fingerprint density at radius 2 is 1.76 bits per heavy atom. The van der Waals surface area contributed by atoms with Gasteiger partial charge in [-0.3, -0.25) is 14.3 Å². The van der Waals surface area contributed by atoms with Gasteiger partial charge in [-0.05, 0) is 30.2 Å². The lowest BCUT2D eigenvalue weighted by molar-refractivity contribution is -0.137. The number of nitrogen functional groups attached to an aromatic ring is 1. The van der Waals surface area contributed by atoms with Crippen LogP contribution < -0.4 is 11.3 Å². The highest BCUT2D eigenvalue weighted by atomic mass is 19.4. The highest BCUT2D eigenvalue weighted by Gasteiger charge is 2.31. The maximum absolute atomic E-state index is 13.6. The summed E-state index contributed by atoms with van der Waals surface area (Å²) in [6.45, 7) is 3.12. The van der Waals surface area contributed by atoms with E-state index in [1.54, 1.807) is 7.11 Å². The van der Waals surface area contributed by atoms with E-state index >= 15 is 0 Å². The number of methoxy groups -OCH3 is 1. The van der Waals surface area contributed by atoms with Gasteiger partial charge >= 0.3 is 6.18 Å². The zero-order chi connectivity index (χ0) is 24.5. The molecule has 180 valence electrons. The molecule has 1 aliphatic heterocycles. The molecule has 34 heavy (non-hydrogen) atoms. The Balaban J connectivity index is 1.65. The first-order valence-corrected chi connectivity index (χ1v) is 11.1. The second kappa shape index (κ2) is 9.60. The molecule has 0 radical (unpaired) electrons. The summed E-state index contributed by atoms with van der Waals surface area (Å²) in [6.07, 6.45) is -3.85. The van der Waals surface area contributed by atoms with E-state index < -0.39 is 17.8 Å². The molecule has 1 aromatic heterocycles. The van der Waals surface area contributed by atoms with Crippen LogP contribution in [0.5, 0.6) is 0 Å². The molecule has 3 aromatic rings. The predicted octanol–water partition coefficient (Wildman–Crippen LogP) is 4.20. The third-order valence-corrected chi connectivity index (χ3v) is 6.41. The molecule has 6 nitrogen and oxygen atoms in total. The fourth-order valence-corrected chi connectivity index (χ4v) is 4.48.